The molecule has 1 aliphatic carbocycles. The predicted octanol–water partition coefficient (Wildman–Crippen LogP) is 3.35. The molecule has 0 heterocycles. The van der Waals surface area contributed by atoms with Crippen molar-refractivity contribution in [3.63, 3.8) is 0 Å². The SMILES string of the molecule is CCNC(=O)C1(NS(=O)(=O)c2c(C)c(C)c(C)c(C)c2C)CCCCC1. The van der Waals surface area contributed by atoms with Crippen LogP contribution >= 0.6 is 0 Å². The summed E-state index contributed by atoms with van der Waals surface area (Å²) in [6.07, 6.45) is 3.82. The second-order valence-electron chi connectivity index (χ2n) is 7.56. The van der Waals surface area contributed by atoms with Crippen molar-refractivity contribution >= 4 is 15.9 Å². The molecular formula is C20H32N2O3S. The van der Waals surface area contributed by atoms with Crippen molar-refractivity contribution in [2.24, 2.45) is 0 Å². The van der Waals surface area contributed by atoms with Crippen molar-refractivity contribution in [2.45, 2.75) is 84.1 Å². The maximum Gasteiger partial charge on any atom is 0.242 e. The molecule has 0 aliphatic heterocycles. The highest BCUT2D eigenvalue weighted by Crippen LogP contribution is 2.34. The lowest BCUT2D eigenvalue weighted by Crippen LogP contribution is -2.59. The molecule has 146 valence electrons. The van der Waals surface area contributed by atoms with Gasteiger partial charge in [-0.1, -0.05) is 19.3 Å². The summed E-state index contributed by atoms with van der Waals surface area (Å²) in [6, 6.07) is 0. The quantitative estimate of drug-likeness (QED) is 0.822. The van der Waals surface area contributed by atoms with Crippen molar-refractivity contribution < 1.29 is 13.2 Å². The van der Waals surface area contributed by atoms with Crippen LogP contribution in [0.5, 0.6) is 0 Å². The van der Waals surface area contributed by atoms with E-state index < -0.39 is 15.6 Å². The summed E-state index contributed by atoms with van der Waals surface area (Å²) in [5.41, 5.74) is 3.59. The standard InChI is InChI=1S/C20H32N2O3S/c1-7-21-19(23)20(11-9-8-10-12-20)22-26(24,25)18-16(5)14(3)13(2)15(4)17(18)6/h22H,7-12H2,1-6H3,(H,21,23). The van der Waals surface area contributed by atoms with Crippen molar-refractivity contribution in [2.75, 3.05) is 6.54 Å². The second kappa shape index (κ2) is 7.69. The van der Waals surface area contributed by atoms with Crippen LogP contribution in [0.15, 0.2) is 4.90 Å². The van der Waals surface area contributed by atoms with E-state index in [9.17, 15) is 13.2 Å². The van der Waals surface area contributed by atoms with E-state index in [4.69, 9.17) is 0 Å². The van der Waals surface area contributed by atoms with E-state index in [1.54, 1.807) is 0 Å². The molecule has 5 nitrogen and oxygen atoms in total. The number of carbonyl (C=O) groups excluding carboxylic acids is 1. The van der Waals surface area contributed by atoms with Crippen molar-refractivity contribution in [3.05, 3.63) is 27.8 Å². The first kappa shape index (κ1) is 20.9. The summed E-state index contributed by atoms with van der Waals surface area (Å²) >= 11 is 0. The van der Waals surface area contributed by atoms with Crippen LogP contribution in [0, 0.1) is 34.6 Å². The minimum Gasteiger partial charge on any atom is -0.355 e. The van der Waals surface area contributed by atoms with Crippen molar-refractivity contribution in [1.82, 2.24) is 10.0 Å². The number of sulfonamides is 1. The Bertz CT molecular complexity index is 778. The Hall–Kier alpha value is -1.40. The van der Waals surface area contributed by atoms with Crippen LogP contribution in [-0.4, -0.2) is 26.4 Å². The summed E-state index contributed by atoms with van der Waals surface area (Å²) in [4.78, 5) is 13.1. The lowest BCUT2D eigenvalue weighted by molar-refractivity contribution is -0.128. The van der Waals surface area contributed by atoms with Gasteiger partial charge < -0.3 is 5.32 Å². The number of hydrogen-bond donors (Lipinski definition) is 2. The molecule has 6 heteroatoms. The number of nitrogens with one attached hydrogen (secondary N) is 2. The molecule has 0 bridgehead atoms. The Labute approximate surface area is 158 Å². The molecule has 2 N–H and O–H groups in total. The van der Waals surface area contributed by atoms with E-state index in [-0.39, 0.29) is 5.91 Å². The first-order valence-corrected chi connectivity index (χ1v) is 10.9. The third kappa shape index (κ3) is 3.67. The van der Waals surface area contributed by atoms with E-state index in [0.29, 0.717) is 24.3 Å². The average Bonchev–Trinajstić information content (AvgIpc) is 2.58. The molecule has 2 rings (SSSR count). The van der Waals surface area contributed by atoms with Gasteiger partial charge in [-0.25, -0.2) is 8.42 Å². The van der Waals surface area contributed by atoms with Gasteiger partial charge in [-0.05, 0) is 82.2 Å². The van der Waals surface area contributed by atoms with E-state index in [1.165, 1.54) is 0 Å². The van der Waals surface area contributed by atoms with E-state index in [2.05, 4.69) is 10.0 Å². The van der Waals surface area contributed by atoms with Crippen LogP contribution in [0.3, 0.4) is 0 Å². The summed E-state index contributed by atoms with van der Waals surface area (Å²) in [5, 5.41) is 2.83. The van der Waals surface area contributed by atoms with Crippen molar-refractivity contribution in [1.29, 1.82) is 0 Å². The molecule has 0 atom stereocenters. The zero-order valence-electron chi connectivity index (χ0n) is 16.9. The van der Waals surface area contributed by atoms with Crippen LogP contribution < -0.4 is 10.0 Å². The smallest absolute Gasteiger partial charge is 0.242 e. The first-order chi connectivity index (χ1) is 12.1. The fourth-order valence-electron chi connectivity index (χ4n) is 4.04. The highest BCUT2D eigenvalue weighted by Gasteiger charge is 2.43. The summed E-state index contributed by atoms with van der Waals surface area (Å²) < 4.78 is 29.6. The van der Waals surface area contributed by atoms with Gasteiger partial charge in [0.25, 0.3) is 0 Å². The molecule has 1 aliphatic rings. The molecule has 1 aromatic carbocycles. The predicted molar refractivity (Wildman–Crippen MR) is 105 cm³/mol. The van der Waals surface area contributed by atoms with Gasteiger partial charge in [-0.3, -0.25) is 4.79 Å². The zero-order chi connectivity index (χ0) is 19.7. The van der Waals surface area contributed by atoms with Crippen molar-refractivity contribution in [3.8, 4) is 0 Å². The summed E-state index contributed by atoms with van der Waals surface area (Å²) in [5.74, 6) is -0.209. The molecule has 0 spiro atoms. The Morgan fingerprint density at radius 3 is 1.81 bits per heavy atom. The van der Waals surface area contributed by atoms with Gasteiger partial charge in [0.05, 0.1) is 4.90 Å². The number of rotatable bonds is 5. The molecule has 0 unspecified atom stereocenters. The van der Waals surface area contributed by atoms with Crippen LogP contribution in [-0.2, 0) is 14.8 Å². The Morgan fingerprint density at radius 1 is 0.885 bits per heavy atom. The molecule has 0 saturated heterocycles. The minimum absolute atomic E-state index is 0.209. The van der Waals surface area contributed by atoms with Crippen LogP contribution in [0.2, 0.25) is 0 Å². The fourth-order valence-corrected chi connectivity index (χ4v) is 6.06. The Morgan fingerprint density at radius 2 is 1.35 bits per heavy atom. The highest BCUT2D eigenvalue weighted by molar-refractivity contribution is 7.89. The Kier molecular flexibility index (Phi) is 6.18. The largest absolute Gasteiger partial charge is 0.355 e. The van der Waals surface area contributed by atoms with Gasteiger partial charge >= 0.3 is 0 Å². The lowest BCUT2D eigenvalue weighted by Gasteiger charge is -2.36. The third-order valence-corrected chi connectivity index (χ3v) is 7.82. The van der Waals surface area contributed by atoms with E-state index >= 15 is 0 Å². The van der Waals surface area contributed by atoms with Crippen LogP contribution in [0.1, 0.15) is 66.8 Å². The fraction of sp³-hybridized carbons (Fsp3) is 0.650. The topological polar surface area (TPSA) is 75.3 Å². The zero-order valence-corrected chi connectivity index (χ0v) is 17.7. The lowest BCUT2D eigenvalue weighted by atomic mass is 9.82. The molecule has 1 amide bonds. The Balaban J connectivity index is 2.55. The monoisotopic (exact) mass is 380 g/mol. The third-order valence-electron chi connectivity index (χ3n) is 6.01. The maximum atomic E-state index is 13.4. The number of likely N-dealkylation sites (N-methyl/N-ethyl adjacent to an activating group) is 1. The number of benzene rings is 1. The van der Waals surface area contributed by atoms with Gasteiger partial charge in [0.2, 0.25) is 15.9 Å². The summed E-state index contributed by atoms with van der Waals surface area (Å²) in [6.45, 7) is 12.0. The molecule has 0 radical (unpaired) electrons. The molecule has 0 aromatic heterocycles. The molecular weight excluding hydrogens is 348 g/mol. The minimum atomic E-state index is -3.82. The van der Waals surface area contributed by atoms with E-state index in [0.717, 1.165) is 47.1 Å². The van der Waals surface area contributed by atoms with Gasteiger partial charge in [0.1, 0.15) is 5.54 Å². The highest BCUT2D eigenvalue weighted by atomic mass is 32.2. The molecule has 26 heavy (non-hydrogen) atoms. The average molecular weight is 381 g/mol. The maximum absolute atomic E-state index is 13.4. The van der Waals surface area contributed by atoms with Crippen LogP contribution in [0.4, 0.5) is 0 Å². The van der Waals surface area contributed by atoms with Gasteiger partial charge in [0, 0.05) is 6.54 Å². The number of amides is 1. The number of carbonyl (C=O) groups is 1. The number of hydrogen-bond acceptors (Lipinski definition) is 3. The van der Waals surface area contributed by atoms with E-state index in [1.807, 2.05) is 41.5 Å². The first-order valence-electron chi connectivity index (χ1n) is 9.46. The van der Waals surface area contributed by atoms with Gasteiger partial charge in [-0.2, -0.15) is 4.72 Å². The van der Waals surface area contributed by atoms with Gasteiger partial charge in [0.15, 0.2) is 0 Å². The molecule has 1 saturated carbocycles. The second-order valence-corrected chi connectivity index (χ2v) is 9.18. The van der Waals surface area contributed by atoms with Crippen LogP contribution in [0.25, 0.3) is 0 Å². The molecule has 1 aromatic rings. The molecule has 1 fully saturated rings. The summed E-state index contributed by atoms with van der Waals surface area (Å²) in [7, 11) is -3.82. The normalized spacial score (nSPS) is 17.2. The van der Waals surface area contributed by atoms with Gasteiger partial charge in [-0.15, -0.1) is 0 Å².